The first-order valence-corrected chi connectivity index (χ1v) is 5.42. The van der Waals surface area contributed by atoms with E-state index in [9.17, 15) is 14.0 Å². The number of carbonyl (C=O) groups is 1. The third kappa shape index (κ3) is 3.10. The lowest BCUT2D eigenvalue weighted by atomic mass is 10.1. The first-order chi connectivity index (χ1) is 8.65. The molecule has 0 spiro atoms. The quantitative estimate of drug-likeness (QED) is 0.814. The van der Waals surface area contributed by atoms with Crippen LogP contribution in [0.1, 0.15) is 5.56 Å². The van der Waals surface area contributed by atoms with Gasteiger partial charge in [0.05, 0.1) is 12.7 Å². The number of halogens is 1. The molecule has 0 unspecified atom stereocenters. The molecule has 1 heterocycles. The minimum Gasteiger partial charge on any atom is -0.305 e. The van der Waals surface area contributed by atoms with Crippen molar-refractivity contribution in [3.8, 4) is 0 Å². The highest BCUT2D eigenvalue weighted by molar-refractivity contribution is 5.80. The van der Waals surface area contributed by atoms with E-state index < -0.39 is 0 Å². The molecular formula is C13H11FN2O2. The molecule has 1 aromatic carbocycles. The smallest absolute Gasteiger partial charge is 0.269 e. The van der Waals surface area contributed by atoms with Gasteiger partial charge in [-0.15, -0.1) is 0 Å². The predicted molar refractivity (Wildman–Crippen MR) is 63.6 cm³/mol. The molecule has 92 valence electrons. The normalized spacial score (nSPS) is 10.3. The third-order valence-corrected chi connectivity index (χ3v) is 2.46. The van der Waals surface area contributed by atoms with E-state index in [2.05, 4.69) is 4.98 Å². The number of nitrogens with zero attached hydrogens (tertiary/aromatic N) is 2. The lowest BCUT2D eigenvalue weighted by molar-refractivity contribution is -0.119. The summed E-state index contributed by atoms with van der Waals surface area (Å²) in [5.74, 6) is -0.452. The Morgan fingerprint density at radius 3 is 2.67 bits per heavy atom. The lowest BCUT2D eigenvalue weighted by Gasteiger charge is -2.04. The predicted octanol–water partition coefficient (Wildman–Crippen LogP) is 1.19. The van der Waals surface area contributed by atoms with Crippen molar-refractivity contribution >= 4 is 5.78 Å². The van der Waals surface area contributed by atoms with Crippen LogP contribution in [0.2, 0.25) is 0 Å². The highest BCUT2D eigenvalue weighted by Crippen LogP contribution is 2.04. The third-order valence-electron chi connectivity index (χ3n) is 2.46. The molecule has 0 radical (unpaired) electrons. The molecule has 0 aliphatic carbocycles. The Bertz CT molecular complexity index is 605. The van der Waals surface area contributed by atoms with Gasteiger partial charge in [-0.05, 0) is 17.7 Å². The molecule has 0 amide bonds. The average Bonchev–Trinajstić information content (AvgIpc) is 2.35. The summed E-state index contributed by atoms with van der Waals surface area (Å²) in [6.07, 6.45) is 4.25. The molecule has 0 fully saturated rings. The molecule has 0 atom stereocenters. The van der Waals surface area contributed by atoms with Crippen molar-refractivity contribution in [3.05, 3.63) is 64.6 Å². The van der Waals surface area contributed by atoms with Gasteiger partial charge in [0.15, 0.2) is 5.78 Å². The zero-order valence-corrected chi connectivity index (χ0v) is 9.54. The fourth-order valence-corrected chi connectivity index (χ4v) is 1.58. The van der Waals surface area contributed by atoms with Crippen molar-refractivity contribution in [2.75, 3.05) is 0 Å². The second-order valence-electron chi connectivity index (χ2n) is 3.88. The van der Waals surface area contributed by atoms with Gasteiger partial charge in [-0.3, -0.25) is 14.6 Å². The van der Waals surface area contributed by atoms with Crippen LogP contribution in [0.15, 0.2) is 47.7 Å². The monoisotopic (exact) mass is 246 g/mol. The van der Waals surface area contributed by atoms with Crippen LogP contribution in [0.4, 0.5) is 4.39 Å². The molecular weight excluding hydrogens is 235 g/mol. The lowest BCUT2D eigenvalue weighted by Crippen LogP contribution is -2.24. The molecule has 0 aliphatic rings. The maximum Gasteiger partial charge on any atom is 0.269 e. The summed E-state index contributed by atoms with van der Waals surface area (Å²) in [6.45, 7) is -0.00126. The van der Waals surface area contributed by atoms with Crippen LogP contribution in [0.25, 0.3) is 0 Å². The molecule has 0 aliphatic heterocycles. The maximum absolute atomic E-state index is 12.7. The molecule has 0 saturated heterocycles. The summed E-state index contributed by atoms with van der Waals surface area (Å²) in [5.41, 5.74) is 0.411. The van der Waals surface area contributed by atoms with E-state index in [1.54, 1.807) is 12.1 Å². The topological polar surface area (TPSA) is 52.0 Å². The number of rotatable bonds is 4. The second-order valence-corrected chi connectivity index (χ2v) is 3.88. The zero-order valence-electron chi connectivity index (χ0n) is 9.54. The van der Waals surface area contributed by atoms with Gasteiger partial charge in [-0.1, -0.05) is 12.1 Å². The van der Waals surface area contributed by atoms with E-state index in [1.807, 2.05) is 0 Å². The Morgan fingerprint density at radius 2 is 2.00 bits per heavy atom. The van der Waals surface area contributed by atoms with Gasteiger partial charge in [-0.2, -0.15) is 0 Å². The summed E-state index contributed by atoms with van der Waals surface area (Å²) < 4.78 is 14.0. The first kappa shape index (κ1) is 12.2. The summed E-state index contributed by atoms with van der Waals surface area (Å²) >= 11 is 0. The maximum atomic E-state index is 12.7. The minimum atomic E-state index is -0.337. The van der Waals surface area contributed by atoms with Crippen LogP contribution in [-0.2, 0) is 17.8 Å². The van der Waals surface area contributed by atoms with Crippen LogP contribution < -0.4 is 5.56 Å². The van der Waals surface area contributed by atoms with Crippen molar-refractivity contribution in [1.82, 2.24) is 9.55 Å². The largest absolute Gasteiger partial charge is 0.305 e. The van der Waals surface area contributed by atoms with Crippen molar-refractivity contribution in [1.29, 1.82) is 0 Å². The summed E-state index contributed by atoms with van der Waals surface area (Å²) in [4.78, 5) is 26.8. The van der Waals surface area contributed by atoms with Gasteiger partial charge in [0.1, 0.15) is 5.82 Å². The van der Waals surface area contributed by atoms with Gasteiger partial charge in [0.25, 0.3) is 5.56 Å². The molecule has 0 saturated carbocycles. The van der Waals surface area contributed by atoms with Crippen molar-refractivity contribution in [2.45, 2.75) is 13.0 Å². The van der Waals surface area contributed by atoms with Crippen molar-refractivity contribution in [3.63, 3.8) is 0 Å². The van der Waals surface area contributed by atoms with Crippen LogP contribution >= 0.6 is 0 Å². The molecule has 2 aromatic rings. The Balaban J connectivity index is 2.03. The summed E-state index contributed by atoms with van der Waals surface area (Å²) in [6, 6.07) is 5.73. The Labute approximate surface area is 103 Å². The number of carbonyl (C=O) groups excluding carboxylic acids is 1. The van der Waals surface area contributed by atoms with Crippen molar-refractivity contribution in [2.24, 2.45) is 0 Å². The van der Waals surface area contributed by atoms with E-state index in [-0.39, 0.29) is 30.1 Å². The van der Waals surface area contributed by atoms with Crippen LogP contribution in [0, 0.1) is 5.82 Å². The molecule has 2 rings (SSSR count). The number of Topliss-reactive ketones (excluding diaryl/α,β-unsaturated/α-hetero) is 1. The molecule has 0 bridgehead atoms. The van der Waals surface area contributed by atoms with E-state index >= 15 is 0 Å². The van der Waals surface area contributed by atoms with Crippen LogP contribution in [0.5, 0.6) is 0 Å². The summed E-state index contributed by atoms with van der Waals surface area (Å²) in [7, 11) is 0. The molecule has 5 heteroatoms. The Kier molecular flexibility index (Phi) is 3.62. The van der Waals surface area contributed by atoms with E-state index in [4.69, 9.17) is 0 Å². The van der Waals surface area contributed by atoms with Crippen molar-refractivity contribution < 1.29 is 9.18 Å². The van der Waals surface area contributed by atoms with Gasteiger partial charge >= 0.3 is 0 Å². The number of aromatic nitrogens is 2. The Hall–Kier alpha value is -2.30. The summed E-state index contributed by atoms with van der Waals surface area (Å²) in [5, 5.41) is 0. The van der Waals surface area contributed by atoms with Crippen LogP contribution in [-0.4, -0.2) is 15.3 Å². The second kappa shape index (κ2) is 5.35. The van der Waals surface area contributed by atoms with Gasteiger partial charge in [0.2, 0.25) is 0 Å². The standard InChI is InChI=1S/C13H11FN2O2/c14-11-3-1-10(2-4-11)7-12(17)9-16-6-5-15-8-13(16)18/h1-6,8H,7,9H2. The highest BCUT2D eigenvalue weighted by atomic mass is 19.1. The molecule has 1 aromatic heterocycles. The van der Waals surface area contributed by atoms with Gasteiger partial charge < -0.3 is 4.57 Å². The average molecular weight is 246 g/mol. The van der Waals surface area contributed by atoms with E-state index in [1.165, 1.54) is 29.1 Å². The number of ketones is 1. The fraction of sp³-hybridized carbons (Fsp3) is 0.154. The first-order valence-electron chi connectivity index (χ1n) is 5.42. The van der Waals surface area contributed by atoms with Gasteiger partial charge in [-0.25, -0.2) is 4.39 Å². The number of hydrogen-bond acceptors (Lipinski definition) is 3. The SMILES string of the molecule is O=C(Cc1ccc(F)cc1)Cn1ccncc1=O. The minimum absolute atomic E-state index is 0.00126. The molecule has 18 heavy (non-hydrogen) atoms. The zero-order chi connectivity index (χ0) is 13.0. The Morgan fingerprint density at radius 1 is 1.28 bits per heavy atom. The molecule has 0 N–H and O–H groups in total. The van der Waals surface area contributed by atoms with Gasteiger partial charge in [0, 0.05) is 18.8 Å². The number of benzene rings is 1. The number of hydrogen-bond donors (Lipinski definition) is 0. The fourth-order valence-electron chi connectivity index (χ4n) is 1.58. The van der Waals surface area contributed by atoms with Crippen LogP contribution in [0.3, 0.4) is 0 Å². The molecule has 4 nitrogen and oxygen atoms in total. The highest BCUT2D eigenvalue weighted by Gasteiger charge is 2.06. The van der Waals surface area contributed by atoms with E-state index in [0.29, 0.717) is 0 Å². The van der Waals surface area contributed by atoms with E-state index in [0.717, 1.165) is 11.8 Å².